The van der Waals surface area contributed by atoms with Crippen LogP contribution in [0.3, 0.4) is 0 Å². The summed E-state index contributed by atoms with van der Waals surface area (Å²) in [5.41, 5.74) is 0.962. The largest absolute Gasteiger partial charge is 0.508 e. The molecule has 0 saturated heterocycles. The first-order valence-corrected chi connectivity index (χ1v) is 4.97. The standard InChI is InChI=1S/C13H10FNO2/c14-10-5-4-9(13(17)6-10)8-15-11-2-1-3-12(16)7-11/h1-8,16-17H. The van der Waals surface area contributed by atoms with E-state index in [-0.39, 0.29) is 11.5 Å². The minimum atomic E-state index is -0.503. The molecule has 2 aromatic rings. The lowest BCUT2D eigenvalue weighted by Crippen LogP contribution is -1.83. The maximum atomic E-state index is 12.7. The Bertz CT molecular complexity index is 567. The van der Waals surface area contributed by atoms with E-state index in [0.717, 1.165) is 6.07 Å². The molecular formula is C13H10FNO2. The molecular weight excluding hydrogens is 221 g/mol. The van der Waals surface area contributed by atoms with Crippen LogP contribution in [0.4, 0.5) is 10.1 Å². The van der Waals surface area contributed by atoms with E-state index in [1.54, 1.807) is 12.1 Å². The average Bonchev–Trinajstić information content (AvgIpc) is 2.28. The van der Waals surface area contributed by atoms with Crippen molar-refractivity contribution < 1.29 is 14.6 Å². The lowest BCUT2D eigenvalue weighted by Gasteiger charge is -1.98. The van der Waals surface area contributed by atoms with Crippen molar-refractivity contribution in [2.24, 2.45) is 4.99 Å². The summed E-state index contributed by atoms with van der Waals surface area (Å²) in [5.74, 6) is -0.561. The normalized spacial score (nSPS) is 10.9. The molecule has 0 fully saturated rings. The summed E-state index contributed by atoms with van der Waals surface area (Å²) >= 11 is 0. The molecule has 0 aliphatic carbocycles. The Labute approximate surface area is 97.5 Å². The third-order valence-corrected chi connectivity index (χ3v) is 2.17. The van der Waals surface area contributed by atoms with Crippen LogP contribution in [0.25, 0.3) is 0 Å². The zero-order valence-corrected chi connectivity index (χ0v) is 8.84. The number of hydrogen-bond acceptors (Lipinski definition) is 3. The third-order valence-electron chi connectivity index (χ3n) is 2.17. The van der Waals surface area contributed by atoms with Crippen LogP contribution in [0.5, 0.6) is 11.5 Å². The molecule has 3 nitrogen and oxygen atoms in total. The van der Waals surface area contributed by atoms with Crippen molar-refractivity contribution in [2.75, 3.05) is 0 Å². The first-order valence-electron chi connectivity index (χ1n) is 4.97. The maximum absolute atomic E-state index is 12.7. The van der Waals surface area contributed by atoms with E-state index in [9.17, 15) is 14.6 Å². The highest BCUT2D eigenvalue weighted by Gasteiger charge is 1.99. The zero-order chi connectivity index (χ0) is 12.3. The maximum Gasteiger partial charge on any atom is 0.127 e. The van der Waals surface area contributed by atoms with Crippen LogP contribution in [0, 0.1) is 5.82 Å². The summed E-state index contributed by atoms with van der Waals surface area (Å²) < 4.78 is 12.7. The molecule has 17 heavy (non-hydrogen) atoms. The van der Waals surface area contributed by atoms with E-state index >= 15 is 0 Å². The van der Waals surface area contributed by atoms with Crippen molar-refractivity contribution in [2.45, 2.75) is 0 Å². The van der Waals surface area contributed by atoms with E-state index in [2.05, 4.69) is 4.99 Å². The highest BCUT2D eigenvalue weighted by atomic mass is 19.1. The predicted molar refractivity (Wildman–Crippen MR) is 63.4 cm³/mol. The number of rotatable bonds is 2. The minimum Gasteiger partial charge on any atom is -0.508 e. The van der Waals surface area contributed by atoms with Gasteiger partial charge >= 0.3 is 0 Å². The molecule has 2 aromatic carbocycles. The molecule has 0 heterocycles. The molecule has 0 amide bonds. The number of benzene rings is 2. The summed E-state index contributed by atoms with van der Waals surface area (Å²) in [5, 5.41) is 18.7. The first-order chi connectivity index (χ1) is 8.15. The Morgan fingerprint density at radius 1 is 1.06 bits per heavy atom. The van der Waals surface area contributed by atoms with Crippen molar-refractivity contribution in [3.8, 4) is 11.5 Å². The topological polar surface area (TPSA) is 52.8 Å². The molecule has 2 N–H and O–H groups in total. The van der Waals surface area contributed by atoms with Gasteiger partial charge in [-0.25, -0.2) is 4.39 Å². The quantitative estimate of drug-likeness (QED) is 0.780. The molecule has 86 valence electrons. The van der Waals surface area contributed by atoms with Crippen molar-refractivity contribution in [3.63, 3.8) is 0 Å². The minimum absolute atomic E-state index is 0.114. The van der Waals surface area contributed by atoms with Gasteiger partial charge in [0.05, 0.1) is 5.69 Å². The molecule has 0 unspecified atom stereocenters. The fourth-order valence-corrected chi connectivity index (χ4v) is 1.34. The van der Waals surface area contributed by atoms with Gasteiger partial charge in [-0.2, -0.15) is 0 Å². The van der Waals surface area contributed by atoms with Crippen molar-refractivity contribution in [1.29, 1.82) is 0 Å². The van der Waals surface area contributed by atoms with E-state index in [0.29, 0.717) is 11.3 Å². The van der Waals surface area contributed by atoms with Gasteiger partial charge in [-0.15, -0.1) is 0 Å². The monoisotopic (exact) mass is 231 g/mol. The first kappa shape index (κ1) is 11.1. The number of phenols is 2. The number of aromatic hydroxyl groups is 2. The van der Waals surface area contributed by atoms with Crippen LogP contribution >= 0.6 is 0 Å². The zero-order valence-electron chi connectivity index (χ0n) is 8.84. The van der Waals surface area contributed by atoms with Gasteiger partial charge in [0.1, 0.15) is 17.3 Å². The highest BCUT2D eigenvalue weighted by molar-refractivity contribution is 5.85. The van der Waals surface area contributed by atoms with Gasteiger partial charge in [0.2, 0.25) is 0 Å². The molecule has 4 heteroatoms. The molecule has 0 spiro atoms. The van der Waals surface area contributed by atoms with Crippen molar-refractivity contribution in [3.05, 3.63) is 53.8 Å². The Morgan fingerprint density at radius 2 is 1.88 bits per heavy atom. The summed E-state index contributed by atoms with van der Waals surface area (Å²) in [6.45, 7) is 0. The van der Waals surface area contributed by atoms with Gasteiger partial charge in [-0.05, 0) is 24.3 Å². The lowest BCUT2D eigenvalue weighted by molar-refractivity contribution is 0.468. The number of nitrogens with zero attached hydrogens (tertiary/aromatic N) is 1. The fourth-order valence-electron chi connectivity index (χ4n) is 1.34. The van der Waals surface area contributed by atoms with Crippen molar-refractivity contribution >= 4 is 11.9 Å². The average molecular weight is 231 g/mol. The van der Waals surface area contributed by atoms with Gasteiger partial charge in [-0.3, -0.25) is 4.99 Å². The predicted octanol–water partition coefficient (Wildman–Crippen LogP) is 2.99. The van der Waals surface area contributed by atoms with Gasteiger partial charge < -0.3 is 10.2 Å². The Hall–Kier alpha value is -2.36. The second-order valence-corrected chi connectivity index (χ2v) is 3.48. The molecule has 0 aliphatic rings. The van der Waals surface area contributed by atoms with Crippen LogP contribution in [0.15, 0.2) is 47.5 Å². The molecule has 0 atom stereocenters. The van der Waals surface area contributed by atoms with Crippen LogP contribution in [-0.2, 0) is 0 Å². The Morgan fingerprint density at radius 3 is 2.59 bits per heavy atom. The van der Waals surface area contributed by atoms with E-state index in [4.69, 9.17) is 0 Å². The van der Waals surface area contributed by atoms with E-state index in [1.807, 2.05) is 0 Å². The van der Waals surface area contributed by atoms with E-state index < -0.39 is 5.82 Å². The number of aliphatic imine (C=N–C) groups is 1. The van der Waals surface area contributed by atoms with E-state index in [1.165, 1.54) is 30.5 Å². The second-order valence-electron chi connectivity index (χ2n) is 3.48. The molecule has 0 aliphatic heterocycles. The summed E-state index contributed by atoms with van der Waals surface area (Å²) in [7, 11) is 0. The Kier molecular flexibility index (Phi) is 3.05. The van der Waals surface area contributed by atoms with Crippen LogP contribution in [0.2, 0.25) is 0 Å². The molecule has 0 radical (unpaired) electrons. The van der Waals surface area contributed by atoms with Gasteiger partial charge in [0, 0.05) is 23.9 Å². The number of phenolic OH excluding ortho intramolecular Hbond substituents is 2. The van der Waals surface area contributed by atoms with Gasteiger partial charge in [0.15, 0.2) is 0 Å². The van der Waals surface area contributed by atoms with Crippen LogP contribution in [-0.4, -0.2) is 16.4 Å². The van der Waals surface area contributed by atoms with Crippen LogP contribution in [0.1, 0.15) is 5.56 Å². The van der Waals surface area contributed by atoms with Gasteiger partial charge in [0.25, 0.3) is 0 Å². The summed E-state index contributed by atoms with van der Waals surface area (Å²) in [6.07, 6.45) is 1.41. The Balaban J connectivity index is 2.26. The highest BCUT2D eigenvalue weighted by Crippen LogP contribution is 2.20. The number of hydrogen-bond donors (Lipinski definition) is 2. The summed E-state index contributed by atoms with van der Waals surface area (Å²) in [6, 6.07) is 10.1. The second kappa shape index (κ2) is 4.65. The SMILES string of the molecule is Oc1cccc(N=Cc2ccc(F)cc2O)c1. The van der Waals surface area contributed by atoms with Crippen molar-refractivity contribution in [1.82, 2.24) is 0 Å². The summed E-state index contributed by atoms with van der Waals surface area (Å²) in [4.78, 5) is 4.06. The fraction of sp³-hybridized carbons (Fsp3) is 0. The lowest BCUT2D eigenvalue weighted by atomic mass is 10.2. The third kappa shape index (κ3) is 2.81. The molecule has 0 saturated carbocycles. The smallest absolute Gasteiger partial charge is 0.127 e. The molecule has 2 rings (SSSR count). The molecule has 0 bridgehead atoms. The molecule has 0 aromatic heterocycles. The van der Waals surface area contributed by atoms with Crippen LogP contribution < -0.4 is 0 Å². The van der Waals surface area contributed by atoms with Gasteiger partial charge in [-0.1, -0.05) is 6.07 Å². The number of halogens is 1.